The Morgan fingerprint density at radius 3 is 3.06 bits per heavy atom. The molecule has 5 nitrogen and oxygen atoms in total. The molecule has 1 heterocycles. The number of rotatable bonds is 1. The van der Waals surface area contributed by atoms with E-state index in [9.17, 15) is 4.79 Å². The Bertz CT molecular complexity index is 462. The van der Waals surface area contributed by atoms with Crippen LogP contribution in [0.3, 0.4) is 0 Å². The first-order valence-corrected chi connectivity index (χ1v) is 6.19. The Labute approximate surface area is 113 Å². The van der Waals surface area contributed by atoms with Gasteiger partial charge in [0.1, 0.15) is 0 Å². The average Bonchev–Trinajstić information content (AvgIpc) is 2.78. The van der Waals surface area contributed by atoms with Gasteiger partial charge in [-0.2, -0.15) is 0 Å². The molecule has 1 amide bonds. The van der Waals surface area contributed by atoms with E-state index in [2.05, 4.69) is 49.0 Å². The molecule has 2 rings (SSSR count). The van der Waals surface area contributed by atoms with Crippen LogP contribution in [0.5, 0.6) is 0 Å². The number of guanidine groups is 1. The Morgan fingerprint density at radius 2 is 2.35 bits per heavy atom. The van der Waals surface area contributed by atoms with Gasteiger partial charge >= 0.3 is 6.09 Å². The number of carbonyl (C=O) groups excluding carboxylic acids is 1. The number of methoxy groups -OCH3 is 1. The van der Waals surface area contributed by atoms with Crippen LogP contribution in [0.1, 0.15) is 11.6 Å². The summed E-state index contributed by atoms with van der Waals surface area (Å²) in [5.41, 5.74) is 1.18. The van der Waals surface area contributed by atoms with Gasteiger partial charge in [-0.25, -0.2) is 4.79 Å². The smallest absolute Gasteiger partial charge is 0.413 e. The fourth-order valence-electron chi connectivity index (χ4n) is 1.60. The molecule has 1 atom stereocenters. The zero-order valence-corrected chi connectivity index (χ0v) is 11.4. The molecule has 6 heteroatoms. The number of hydrogen-bond acceptors (Lipinski definition) is 4. The van der Waals surface area contributed by atoms with E-state index in [-0.39, 0.29) is 6.04 Å². The summed E-state index contributed by atoms with van der Waals surface area (Å²) in [4.78, 5) is 15.2. The molecule has 1 aromatic carbocycles. The van der Waals surface area contributed by atoms with Crippen molar-refractivity contribution < 1.29 is 9.53 Å². The van der Waals surface area contributed by atoms with E-state index in [0.717, 1.165) is 0 Å². The third-order valence-electron chi connectivity index (χ3n) is 2.43. The molecular formula is C11H12IN3O2. The molecule has 0 saturated carbocycles. The van der Waals surface area contributed by atoms with Crippen LogP contribution in [0.4, 0.5) is 4.79 Å². The quantitative estimate of drug-likeness (QED) is 0.761. The van der Waals surface area contributed by atoms with Gasteiger partial charge in [0.05, 0.1) is 19.7 Å². The normalized spacial score (nSPS) is 18.2. The maximum atomic E-state index is 11.0. The average molecular weight is 345 g/mol. The lowest BCUT2D eigenvalue weighted by Gasteiger charge is -2.13. The molecule has 0 bridgehead atoms. The second kappa shape index (κ2) is 5.35. The number of halogens is 1. The molecule has 0 fully saturated rings. The highest BCUT2D eigenvalue weighted by Crippen LogP contribution is 2.22. The maximum Gasteiger partial charge on any atom is 0.413 e. The van der Waals surface area contributed by atoms with Gasteiger partial charge in [0.25, 0.3) is 0 Å². The molecule has 0 saturated heterocycles. The Kier molecular flexibility index (Phi) is 3.82. The molecule has 0 aromatic heterocycles. The number of nitrogens with zero attached hydrogens (tertiary/aromatic N) is 1. The van der Waals surface area contributed by atoms with Crippen LogP contribution in [0, 0.1) is 3.57 Å². The minimum absolute atomic E-state index is 0.107. The van der Waals surface area contributed by atoms with Gasteiger partial charge in [0.2, 0.25) is 5.96 Å². The van der Waals surface area contributed by atoms with Crippen LogP contribution in [0.25, 0.3) is 0 Å². The number of alkyl carbamates (subject to hydrolysis) is 1. The van der Waals surface area contributed by atoms with E-state index in [1.54, 1.807) is 0 Å². The Balaban J connectivity index is 2.01. The van der Waals surface area contributed by atoms with Gasteiger partial charge in [-0.15, -0.1) is 0 Å². The molecule has 90 valence electrons. The number of carbonyl (C=O) groups is 1. The fraction of sp³-hybridized carbons (Fsp3) is 0.273. The standard InChI is InChI=1S/C11H12IN3O2/c1-17-11(16)15-10-13-6-9(14-10)7-4-2-3-5-8(7)12/h2-5,9H,6H2,1H3,(H2,13,14,15,16). The predicted molar refractivity (Wildman–Crippen MR) is 72.9 cm³/mol. The number of benzene rings is 1. The highest BCUT2D eigenvalue weighted by Gasteiger charge is 2.21. The zero-order chi connectivity index (χ0) is 12.3. The van der Waals surface area contributed by atoms with E-state index in [0.29, 0.717) is 12.5 Å². The largest absolute Gasteiger partial charge is 0.453 e. The summed E-state index contributed by atoms with van der Waals surface area (Å²) >= 11 is 2.29. The topological polar surface area (TPSA) is 62.7 Å². The zero-order valence-electron chi connectivity index (χ0n) is 9.24. The Hall–Kier alpha value is -1.31. The van der Waals surface area contributed by atoms with Crippen LogP contribution in [-0.2, 0) is 4.74 Å². The molecule has 2 N–H and O–H groups in total. The second-order valence-corrected chi connectivity index (χ2v) is 4.69. The molecule has 1 aliphatic rings. The lowest BCUT2D eigenvalue weighted by atomic mass is 10.1. The van der Waals surface area contributed by atoms with E-state index < -0.39 is 6.09 Å². The van der Waals surface area contributed by atoms with Gasteiger partial charge in [0, 0.05) is 3.57 Å². The van der Waals surface area contributed by atoms with Crippen molar-refractivity contribution in [3.8, 4) is 0 Å². The van der Waals surface area contributed by atoms with Crippen molar-refractivity contribution in [2.75, 3.05) is 13.7 Å². The van der Waals surface area contributed by atoms with E-state index in [4.69, 9.17) is 0 Å². The van der Waals surface area contributed by atoms with Crippen molar-refractivity contribution in [2.45, 2.75) is 6.04 Å². The number of hydrogen-bond donors (Lipinski definition) is 2. The van der Waals surface area contributed by atoms with E-state index in [1.165, 1.54) is 16.2 Å². The van der Waals surface area contributed by atoms with Crippen molar-refractivity contribution in [3.05, 3.63) is 33.4 Å². The minimum Gasteiger partial charge on any atom is -0.453 e. The summed E-state index contributed by atoms with van der Waals surface area (Å²) in [7, 11) is 1.32. The highest BCUT2D eigenvalue weighted by atomic mass is 127. The van der Waals surface area contributed by atoms with Crippen molar-refractivity contribution in [3.63, 3.8) is 0 Å². The summed E-state index contributed by atoms with van der Waals surface area (Å²) in [6, 6.07) is 8.19. The second-order valence-electron chi connectivity index (χ2n) is 3.52. The molecule has 0 spiro atoms. The highest BCUT2D eigenvalue weighted by molar-refractivity contribution is 14.1. The first kappa shape index (κ1) is 12.2. The third-order valence-corrected chi connectivity index (χ3v) is 3.41. The van der Waals surface area contributed by atoms with Crippen LogP contribution >= 0.6 is 22.6 Å². The van der Waals surface area contributed by atoms with Crippen LogP contribution < -0.4 is 10.6 Å². The fourth-order valence-corrected chi connectivity index (χ4v) is 2.36. The first-order chi connectivity index (χ1) is 8.20. The number of ether oxygens (including phenoxy) is 1. The summed E-state index contributed by atoms with van der Waals surface area (Å²) in [6.07, 6.45) is -0.514. The number of nitrogens with one attached hydrogen (secondary N) is 2. The van der Waals surface area contributed by atoms with E-state index in [1.807, 2.05) is 18.2 Å². The molecule has 1 aliphatic heterocycles. The van der Waals surface area contributed by atoms with Crippen molar-refractivity contribution in [2.24, 2.45) is 4.99 Å². The first-order valence-electron chi connectivity index (χ1n) is 5.11. The summed E-state index contributed by atoms with van der Waals surface area (Å²) in [5.74, 6) is 0.460. The Morgan fingerprint density at radius 1 is 1.59 bits per heavy atom. The third kappa shape index (κ3) is 2.87. The van der Waals surface area contributed by atoms with Gasteiger partial charge < -0.3 is 10.1 Å². The van der Waals surface area contributed by atoms with Crippen LogP contribution in [0.15, 0.2) is 29.3 Å². The summed E-state index contributed by atoms with van der Waals surface area (Å²) in [5, 5.41) is 5.67. The molecule has 0 radical (unpaired) electrons. The molecule has 17 heavy (non-hydrogen) atoms. The van der Waals surface area contributed by atoms with Gasteiger partial charge in [-0.3, -0.25) is 10.3 Å². The number of amides is 1. The molecule has 0 aliphatic carbocycles. The number of aliphatic imine (C=N–C) groups is 1. The maximum absolute atomic E-state index is 11.0. The summed E-state index contributed by atoms with van der Waals surface area (Å²) in [6.45, 7) is 0.610. The van der Waals surface area contributed by atoms with Crippen molar-refractivity contribution in [1.82, 2.24) is 10.6 Å². The van der Waals surface area contributed by atoms with Gasteiger partial charge in [-0.1, -0.05) is 18.2 Å². The van der Waals surface area contributed by atoms with Crippen molar-refractivity contribution in [1.29, 1.82) is 0 Å². The minimum atomic E-state index is -0.514. The van der Waals surface area contributed by atoms with Crippen molar-refractivity contribution >= 4 is 34.6 Å². The van der Waals surface area contributed by atoms with Crippen LogP contribution in [0.2, 0.25) is 0 Å². The SMILES string of the molecule is COC(=O)NC1=NCC(c2ccccc2I)N1. The molecular weight excluding hydrogens is 333 g/mol. The van der Waals surface area contributed by atoms with Gasteiger partial charge in [-0.05, 0) is 34.2 Å². The lowest BCUT2D eigenvalue weighted by Crippen LogP contribution is -2.39. The lowest BCUT2D eigenvalue weighted by molar-refractivity contribution is 0.176. The monoisotopic (exact) mass is 345 g/mol. The van der Waals surface area contributed by atoms with Crippen LogP contribution in [-0.4, -0.2) is 25.7 Å². The molecule has 1 unspecified atom stereocenters. The van der Waals surface area contributed by atoms with E-state index >= 15 is 0 Å². The predicted octanol–water partition coefficient (Wildman–Crippen LogP) is 1.65. The summed E-state index contributed by atoms with van der Waals surface area (Å²) < 4.78 is 5.68. The molecule has 1 aromatic rings. The van der Waals surface area contributed by atoms with Gasteiger partial charge in [0.15, 0.2) is 0 Å².